The summed E-state index contributed by atoms with van der Waals surface area (Å²) >= 11 is 0. The van der Waals surface area contributed by atoms with E-state index in [1.165, 1.54) is 60.3 Å². The third-order valence-electron chi connectivity index (χ3n) is 12.6. The average molecular weight is 746 g/mol. The van der Waals surface area contributed by atoms with Crippen LogP contribution in [0.5, 0.6) is 0 Å². The molecule has 2 unspecified atom stereocenters. The molecule has 1 N–H and O–H groups in total. The van der Waals surface area contributed by atoms with E-state index < -0.39 is 0 Å². The van der Waals surface area contributed by atoms with E-state index >= 15 is 0 Å². The maximum Gasteiger partial charge on any atom is 0.143 e. The second-order valence-corrected chi connectivity index (χ2v) is 15.6. The van der Waals surface area contributed by atoms with Gasteiger partial charge in [-0.3, -0.25) is 0 Å². The minimum Gasteiger partial charge on any atom is -0.456 e. The van der Waals surface area contributed by atoms with Crippen molar-refractivity contribution < 1.29 is 8.83 Å². The number of rotatable bonds is 4. The number of dihydropyridines is 1. The van der Waals surface area contributed by atoms with Crippen LogP contribution in [0.15, 0.2) is 185 Å². The Morgan fingerprint density at radius 2 is 1.17 bits per heavy atom. The molecule has 274 valence electrons. The first kappa shape index (κ1) is 31.7. The molecule has 0 spiro atoms. The van der Waals surface area contributed by atoms with Crippen LogP contribution in [-0.4, -0.2) is 9.13 Å². The van der Waals surface area contributed by atoms with E-state index in [0.717, 1.165) is 56.3 Å². The van der Waals surface area contributed by atoms with Crippen molar-refractivity contribution in [3.63, 3.8) is 0 Å². The van der Waals surface area contributed by atoms with Gasteiger partial charge in [0.2, 0.25) is 0 Å². The summed E-state index contributed by atoms with van der Waals surface area (Å²) in [7, 11) is 0. The molecule has 4 aromatic heterocycles. The molecule has 0 bridgehead atoms. The third kappa shape index (κ3) is 4.47. The summed E-state index contributed by atoms with van der Waals surface area (Å²) in [6.45, 7) is 0. The molecule has 1 aliphatic heterocycles. The number of benzene rings is 7. The van der Waals surface area contributed by atoms with E-state index in [0.29, 0.717) is 0 Å². The highest BCUT2D eigenvalue weighted by Gasteiger charge is 2.27. The predicted molar refractivity (Wildman–Crippen MR) is 239 cm³/mol. The summed E-state index contributed by atoms with van der Waals surface area (Å²) in [6, 6.07) is 54.1. The number of furan rings is 2. The third-order valence-corrected chi connectivity index (χ3v) is 12.6. The van der Waals surface area contributed by atoms with Gasteiger partial charge < -0.3 is 23.3 Å². The molecule has 0 radical (unpaired) electrons. The molecule has 5 heterocycles. The van der Waals surface area contributed by atoms with Crippen molar-refractivity contribution in [3.8, 4) is 11.1 Å². The van der Waals surface area contributed by atoms with E-state index in [1.54, 1.807) is 0 Å². The van der Waals surface area contributed by atoms with Gasteiger partial charge >= 0.3 is 0 Å². The smallest absolute Gasteiger partial charge is 0.143 e. The lowest BCUT2D eigenvalue weighted by Crippen LogP contribution is -2.23. The Kier molecular flexibility index (Phi) is 6.55. The van der Waals surface area contributed by atoms with Crippen LogP contribution in [0, 0.1) is 0 Å². The zero-order chi connectivity index (χ0) is 37.9. The zero-order valence-electron chi connectivity index (χ0n) is 31.4. The lowest BCUT2D eigenvalue weighted by molar-refractivity contribution is 0.577. The quantitative estimate of drug-likeness (QED) is 0.195. The van der Waals surface area contributed by atoms with Crippen molar-refractivity contribution in [3.05, 3.63) is 193 Å². The molecule has 0 fully saturated rings. The molecular formula is C53H35N3O2. The summed E-state index contributed by atoms with van der Waals surface area (Å²) in [5.74, 6) is 0.205. The first-order chi connectivity index (χ1) is 28.8. The number of nitrogens with one attached hydrogen (secondary N) is 1. The number of hydrogen-bond donors (Lipinski definition) is 1. The van der Waals surface area contributed by atoms with Gasteiger partial charge in [-0.15, -0.1) is 0 Å². The molecular weight excluding hydrogens is 711 g/mol. The van der Waals surface area contributed by atoms with Gasteiger partial charge in [0.25, 0.3) is 0 Å². The molecule has 58 heavy (non-hydrogen) atoms. The second-order valence-electron chi connectivity index (χ2n) is 15.6. The molecule has 5 nitrogen and oxygen atoms in total. The van der Waals surface area contributed by atoms with Crippen molar-refractivity contribution >= 4 is 88.4 Å². The molecule has 0 saturated carbocycles. The lowest BCUT2D eigenvalue weighted by Gasteiger charge is -2.24. The first-order valence-corrected chi connectivity index (χ1v) is 20.1. The lowest BCUT2D eigenvalue weighted by atomic mass is 9.86. The maximum absolute atomic E-state index is 6.49. The van der Waals surface area contributed by atoms with Gasteiger partial charge in [0.15, 0.2) is 0 Å². The van der Waals surface area contributed by atoms with E-state index in [9.17, 15) is 0 Å². The second kappa shape index (κ2) is 12.0. The largest absolute Gasteiger partial charge is 0.456 e. The van der Waals surface area contributed by atoms with Crippen molar-refractivity contribution in [1.82, 2.24) is 14.5 Å². The number of hydrogen-bond acceptors (Lipinski definition) is 3. The molecule has 2 aliphatic rings. The number of para-hydroxylation sites is 6. The molecule has 7 aromatic carbocycles. The SMILES string of the molecule is C1=CC(n2c3ccccc3c3cc(-c4cccc5c4oc4ccccc45)ccc32)NC=C1n1c2c(c3ccccc31)CC(c1cccc3c1oc1ccccc13)C=C2. The Balaban J connectivity index is 0.873. The monoisotopic (exact) mass is 745 g/mol. The van der Waals surface area contributed by atoms with Gasteiger partial charge in [0, 0.05) is 66.6 Å². The molecule has 13 rings (SSSR count). The van der Waals surface area contributed by atoms with Gasteiger partial charge in [0.1, 0.15) is 28.5 Å². The van der Waals surface area contributed by atoms with Crippen LogP contribution >= 0.6 is 0 Å². The molecule has 0 amide bonds. The summed E-state index contributed by atoms with van der Waals surface area (Å²) in [4.78, 5) is 0. The fraction of sp³-hybridized carbons (Fsp3) is 0.0566. The van der Waals surface area contributed by atoms with Crippen LogP contribution in [0.1, 0.15) is 28.9 Å². The summed E-state index contributed by atoms with van der Waals surface area (Å²) in [5, 5.41) is 12.2. The van der Waals surface area contributed by atoms with Gasteiger partial charge in [-0.2, -0.15) is 0 Å². The van der Waals surface area contributed by atoms with Crippen LogP contribution in [-0.2, 0) is 6.42 Å². The van der Waals surface area contributed by atoms with Crippen LogP contribution in [0.25, 0.3) is 99.5 Å². The van der Waals surface area contributed by atoms with Crippen molar-refractivity contribution in [2.75, 3.05) is 0 Å². The van der Waals surface area contributed by atoms with E-state index in [4.69, 9.17) is 8.83 Å². The fourth-order valence-electron chi connectivity index (χ4n) is 9.97. The highest BCUT2D eigenvalue weighted by molar-refractivity contribution is 6.13. The topological polar surface area (TPSA) is 48.2 Å². The maximum atomic E-state index is 6.49. The van der Waals surface area contributed by atoms with Gasteiger partial charge in [-0.1, -0.05) is 121 Å². The molecule has 11 aromatic rings. The highest BCUT2D eigenvalue weighted by Crippen LogP contribution is 2.43. The Hall–Kier alpha value is -7.50. The van der Waals surface area contributed by atoms with Gasteiger partial charge in [-0.05, 0) is 72.2 Å². The normalized spacial score (nSPS) is 16.7. The van der Waals surface area contributed by atoms with E-state index in [-0.39, 0.29) is 12.1 Å². The van der Waals surface area contributed by atoms with Crippen LogP contribution in [0.3, 0.4) is 0 Å². The fourth-order valence-corrected chi connectivity index (χ4v) is 9.97. The predicted octanol–water partition coefficient (Wildman–Crippen LogP) is 13.7. The van der Waals surface area contributed by atoms with Crippen molar-refractivity contribution in [1.29, 1.82) is 0 Å². The number of aromatic nitrogens is 2. The Bertz CT molecular complexity index is 3600. The standard InChI is InChI=1S/C53H35N3O2/c1-5-19-45-37(11-1)43-29-32(35-15-9-17-41-39-13-3-7-21-49(39)57-52(35)41)23-26-47(43)55(45)34-25-28-51(54-31-34)56-46-20-6-2-12-38(46)44-30-33(24-27-48(44)56)36-16-10-18-42-40-14-4-8-22-50(40)58-53(36)42/h1-28,30-32,51,54H,29H2. The molecule has 1 aliphatic carbocycles. The number of allylic oxidation sites excluding steroid dienone is 3. The molecule has 5 heteroatoms. The van der Waals surface area contributed by atoms with Crippen molar-refractivity contribution in [2.24, 2.45) is 0 Å². The van der Waals surface area contributed by atoms with Gasteiger partial charge in [-0.25, -0.2) is 0 Å². The molecule has 0 saturated heterocycles. The highest BCUT2D eigenvalue weighted by atomic mass is 16.3. The van der Waals surface area contributed by atoms with Crippen LogP contribution in [0.2, 0.25) is 0 Å². The Labute approximate surface area is 333 Å². The van der Waals surface area contributed by atoms with Crippen LogP contribution in [0.4, 0.5) is 0 Å². The minimum absolute atomic E-state index is 0.0716. The summed E-state index contributed by atoms with van der Waals surface area (Å²) < 4.78 is 17.8. The Morgan fingerprint density at radius 3 is 1.97 bits per heavy atom. The summed E-state index contributed by atoms with van der Waals surface area (Å²) in [6.07, 6.45) is 12.3. The average Bonchev–Trinajstić information content (AvgIpc) is 4.04. The number of fused-ring (bicyclic) bond motifs is 12. The zero-order valence-corrected chi connectivity index (χ0v) is 31.4. The van der Waals surface area contributed by atoms with Crippen LogP contribution < -0.4 is 5.32 Å². The first-order valence-electron chi connectivity index (χ1n) is 20.1. The molecule has 2 atom stereocenters. The van der Waals surface area contributed by atoms with E-state index in [1.807, 2.05) is 18.2 Å². The summed E-state index contributed by atoms with van der Waals surface area (Å²) in [5.41, 5.74) is 14.5. The number of nitrogens with zero attached hydrogens (tertiary/aromatic N) is 2. The van der Waals surface area contributed by atoms with Crippen molar-refractivity contribution in [2.45, 2.75) is 18.5 Å². The van der Waals surface area contributed by atoms with Gasteiger partial charge in [0.05, 0.1) is 22.2 Å². The Morgan fingerprint density at radius 1 is 0.517 bits per heavy atom. The van der Waals surface area contributed by atoms with E-state index in [2.05, 4.69) is 178 Å². The minimum atomic E-state index is -0.0716.